The number of carbonyl (C=O) groups excluding carboxylic acids is 1. The van der Waals surface area contributed by atoms with Crippen LogP contribution in [-0.4, -0.2) is 34.5 Å². The maximum absolute atomic E-state index is 12.1. The molecule has 2 aromatic heterocycles. The highest BCUT2D eigenvalue weighted by Crippen LogP contribution is 2.27. The third kappa shape index (κ3) is 3.21. The van der Waals surface area contributed by atoms with Gasteiger partial charge in [-0.3, -0.25) is 4.79 Å². The van der Waals surface area contributed by atoms with E-state index in [2.05, 4.69) is 20.3 Å². The molecule has 2 heterocycles. The van der Waals surface area contributed by atoms with Gasteiger partial charge in [0, 0.05) is 19.8 Å². The fourth-order valence-electron chi connectivity index (χ4n) is 1.46. The van der Waals surface area contributed by atoms with Gasteiger partial charge in [-0.25, -0.2) is 15.0 Å². The molecule has 0 aromatic carbocycles. The van der Waals surface area contributed by atoms with Crippen LogP contribution >= 0.6 is 11.3 Å². The van der Waals surface area contributed by atoms with E-state index in [0.717, 1.165) is 17.4 Å². The quantitative estimate of drug-likeness (QED) is 0.850. The number of aromatic nitrogens is 3. The molecule has 0 saturated heterocycles. The largest absolute Gasteiger partial charge is 0.382 e. The number of thiazole rings is 1. The van der Waals surface area contributed by atoms with Crippen molar-refractivity contribution in [1.82, 2.24) is 20.3 Å². The molecule has 8 heteroatoms. The fraction of sp³-hybridized carbons (Fsp3) is 0.333. The maximum Gasteiger partial charge on any atom is 0.265 e. The number of hydrogen-bond acceptors (Lipinski definition) is 7. The molecule has 7 nitrogen and oxygen atoms in total. The predicted molar refractivity (Wildman–Crippen MR) is 78.7 cm³/mol. The Morgan fingerprint density at radius 3 is 3.00 bits per heavy atom. The van der Waals surface area contributed by atoms with Crippen LogP contribution in [0.15, 0.2) is 18.6 Å². The molecule has 106 valence electrons. The zero-order valence-electron chi connectivity index (χ0n) is 11.3. The topological polar surface area (TPSA) is 97.0 Å². The normalized spacial score (nSPS) is 10.3. The summed E-state index contributed by atoms with van der Waals surface area (Å²) in [6.07, 6.45) is 3.07. The smallest absolute Gasteiger partial charge is 0.265 e. The second-order valence-electron chi connectivity index (χ2n) is 4.11. The minimum atomic E-state index is -0.241. The van der Waals surface area contributed by atoms with Gasteiger partial charge in [0.05, 0.1) is 12.2 Å². The lowest BCUT2D eigenvalue weighted by molar-refractivity contribution is 0.0955. The average molecular weight is 292 g/mol. The molecule has 0 spiro atoms. The second kappa shape index (κ2) is 6.29. The fourth-order valence-corrected chi connectivity index (χ4v) is 2.38. The van der Waals surface area contributed by atoms with E-state index in [1.807, 2.05) is 18.9 Å². The molecule has 0 saturated carbocycles. The highest BCUT2D eigenvalue weighted by Gasteiger charge is 2.17. The summed E-state index contributed by atoms with van der Waals surface area (Å²) in [6.45, 7) is 3.14. The Labute approximate surface area is 120 Å². The van der Waals surface area contributed by atoms with Gasteiger partial charge >= 0.3 is 0 Å². The zero-order valence-corrected chi connectivity index (χ0v) is 12.1. The van der Waals surface area contributed by atoms with Crippen LogP contribution in [0.2, 0.25) is 0 Å². The number of rotatable bonds is 5. The van der Waals surface area contributed by atoms with Gasteiger partial charge in [0.15, 0.2) is 5.13 Å². The summed E-state index contributed by atoms with van der Waals surface area (Å²) in [4.78, 5) is 26.5. The molecule has 0 radical (unpaired) electrons. The van der Waals surface area contributed by atoms with Crippen molar-refractivity contribution < 1.29 is 4.79 Å². The van der Waals surface area contributed by atoms with Gasteiger partial charge in [0.2, 0.25) is 0 Å². The van der Waals surface area contributed by atoms with Gasteiger partial charge in [-0.05, 0) is 13.0 Å². The van der Waals surface area contributed by atoms with Crippen molar-refractivity contribution in [2.24, 2.45) is 0 Å². The Balaban J connectivity index is 2.04. The molecule has 1 amide bonds. The van der Waals surface area contributed by atoms with Crippen LogP contribution in [0.4, 0.5) is 10.9 Å². The minimum absolute atomic E-state index is 0.241. The Morgan fingerprint density at radius 1 is 1.55 bits per heavy atom. The van der Waals surface area contributed by atoms with E-state index in [-0.39, 0.29) is 11.7 Å². The number of nitrogen functional groups attached to an aromatic ring is 1. The first-order chi connectivity index (χ1) is 9.61. The number of carbonyl (C=O) groups is 1. The lowest BCUT2D eigenvalue weighted by atomic mass is 10.4. The molecule has 0 unspecified atom stereocenters. The lowest BCUT2D eigenvalue weighted by Crippen LogP contribution is -2.23. The monoisotopic (exact) mass is 292 g/mol. The van der Waals surface area contributed by atoms with E-state index >= 15 is 0 Å². The highest BCUT2D eigenvalue weighted by atomic mass is 32.1. The van der Waals surface area contributed by atoms with E-state index in [1.54, 1.807) is 12.3 Å². The van der Waals surface area contributed by atoms with Crippen LogP contribution in [0.3, 0.4) is 0 Å². The van der Waals surface area contributed by atoms with Crippen molar-refractivity contribution >= 4 is 28.2 Å². The number of hydrogen-bond donors (Lipinski definition) is 2. The number of nitrogens with zero attached hydrogens (tertiary/aromatic N) is 4. The van der Waals surface area contributed by atoms with Crippen molar-refractivity contribution in [3.05, 3.63) is 29.2 Å². The zero-order chi connectivity index (χ0) is 14.5. The van der Waals surface area contributed by atoms with Crippen LogP contribution in [0.1, 0.15) is 22.3 Å². The summed E-state index contributed by atoms with van der Waals surface area (Å²) in [5, 5.41) is 3.50. The maximum atomic E-state index is 12.1. The molecule has 2 aromatic rings. The van der Waals surface area contributed by atoms with E-state index in [1.165, 1.54) is 17.7 Å². The summed E-state index contributed by atoms with van der Waals surface area (Å²) in [6, 6.07) is 1.74. The Morgan fingerprint density at radius 2 is 2.35 bits per heavy atom. The molecule has 0 atom stereocenters. The van der Waals surface area contributed by atoms with Gasteiger partial charge < -0.3 is 16.0 Å². The average Bonchev–Trinajstić information content (AvgIpc) is 2.87. The van der Waals surface area contributed by atoms with Crippen LogP contribution in [0, 0.1) is 0 Å². The first kappa shape index (κ1) is 14.2. The first-order valence-electron chi connectivity index (χ1n) is 6.12. The minimum Gasteiger partial charge on any atom is -0.382 e. The lowest BCUT2D eigenvalue weighted by Gasteiger charge is -2.10. The Kier molecular flexibility index (Phi) is 4.46. The molecule has 3 N–H and O–H groups in total. The van der Waals surface area contributed by atoms with E-state index in [4.69, 9.17) is 5.73 Å². The van der Waals surface area contributed by atoms with Crippen molar-refractivity contribution in [3.8, 4) is 0 Å². The van der Waals surface area contributed by atoms with Gasteiger partial charge in [-0.15, -0.1) is 0 Å². The predicted octanol–water partition coefficient (Wildman–Crippen LogP) is 0.901. The van der Waals surface area contributed by atoms with Gasteiger partial charge in [-0.1, -0.05) is 11.3 Å². The molecule has 0 aliphatic carbocycles. The molecular weight excluding hydrogens is 276 g/mol. The number of nitrogens with one attached hydrogen (secondary N) is 1. The SMILES string of the molecule is CCN(C)c1nc(N)c(C(=O)NCc2ccncn2)s1. The molecule has 0 aliphatic heterocycles. The number of nitrogens with two attached hydrogens (primary N) is 1. The summed E-state index contributed by atoms with van der Waals surface area (Å²) >= 11 is 1.28. The van der Waals surface area contributed by atoms with E-state index in [0.29, 0.717) is 11.4 Å². The van der Waals surface area contributed by atoms with Crippen LogP contribution in [0.25, 0.3) is 0 Å². The summed E-state index contributed by atoms with van der Waals surface area (Å²) in [5.41, 5.74) is 6.53. The standard InChI is InChI=1S/C12H16N6OS/c1-3-18(2)12-17-10(13)9(20-12)11(19)15-6-8-4-5-14-7-16-8/h4-5,7H,3,6,13H2,1-2H3,(H,15,19). The van der Waals surface area contributed by atoms with E-state index in [9.17, 15) is 4.79 Å². The van der Waals surface area contributed by atoms with Gasteiger partial charge in [0.25, 0.3) is 5.91 Å². The Hall–Kier alpha value is -2.22. The molecule has 20 heavy (non-hydrogen) atoms. The number of amides is 1. The Bertz CT molecular complexity index is 585. The summed E-state index contributed by atoms with van der Waals surface area (Å²) in [5.74, 6) is 0.0138. The number of anilines is 2. The van der Waals surface area contributed by atoms with Crippen molar-refractivity contribution in [3.63, 3.8) is 0 Å². The van der Waals surface area contributed by atoms with Crippen LogP contribution in [0.5, 0.6) is 0 Å². The van der Waals surface area contributed by atoms with Crippen molar-refractivity contribution in [1.29, 1.82) is 0 Å². The third-order valence-electron chi connectivity index (χ3n) is 2.72. The van der Waals surface area contributed by atoms with Crippen molar-refractivity contribution in [2.75, 3.05) is 24.2 Å². The van der Waals surface area contributed by atoms with Gasteiger partial charge in [-0.2, -0.15) is 0 Å². The molecular formula is C12H16N6OS. The summed E-state index contributed by atoms with van der Waals surface area (Å²) in [7, 11) is 1.90. The first-order valence-corrected chi connectivity index (χ1v) is 6.94. The second-order valence-corrected chi connectivity index (χ2v) is 5.09. The van der Waals surface area contributed by atoms with Crippen molar-refractivity contribution in [2.45, 2.75) is 13.5 Å². The third-order valence-corrected chi connectivity index (χ3v) is 3.91. The molecule has 0 bridgehead atoms. The highest BCUT2D eigenvalue weighted by molar-refractivity contribution is 7.18. The molecule has 0 fully saturated rings. The molecule has 0 aliphatic rings. The molecule has 2 rings (SSSR count). The van der Waals surface area contributed by atoms with Crippen LogP contribution < -0.4 is 16.0 Å². The van der Waals surface area contributed by atoms with E-state index < -0.39 is 0 Å². The van der Waals surface area contributed by atoms with Gasteiger partial charge in [0.1, 0.15) is 17.0 Å². The van der Waals surface area contributed by atoms with Crippen LogP contribution in [-0.2, 0) is 6.54 Å². The summed E-state index contributed by atoms with van der Waals surface area (Å²) < 4.78 is 0.